The van der Waals surface area contributed by atoms with Gasteiger partial charge in [0.2, 0.25) is 10.0 Å². The molecule has 76 valence electrons. The van der Waals surface area contributed by atoms with Crippen molar-refractivity contribution in [3.8, 4) is 0 Å². The predicted molar refractivity (Wildman–Crippen MR) is 50.9 cm³/mol. The molecule has 0 saturated carbocycles. The molecule has 5 heteroatoms. The molecule has 2 heterocycles. The van der Waals surface area contributed by atoms with Crippen LogP contribution in [0.2, 0.25) is 0 Å². The second-order valence-corrected chi connectivity index (χ2v) is 6.00. The van der Waals surface area contributed by atoms with E-state index in [-0.39, 0.29) is 0 Å². The molecule has 2 rings (SSSR count). The van der Waals surface area contributed by atoms with Gasteiger partial charge in [-0.05, 0) is 25.3 Å². The SMILES string of the molecule is CS(=O)(=O)N1CCC2NCCC2C1. The van der Waals surface area contributed by atoms with Crippen LogP contribution in [0.5, 0.6) is 0 Å². The fourth-order valence-electron chi connectivity index (χ4n) is 2.32. The molecule has 2 saturated heterocycles. The molecule has 4 nitrogen and oxygen atoms in total. The maximum absolute atomic E-state index is 11.3. The highest BCUT2D eigenvalue weighted by Crippen LogP contribution is 2.25. The van der Waals surface area contributed by atoms with Gasteiger partial charge in [-0.25, -0.2) is 12.7 Å². The summed E-state index contributed by atoms with van der Waals surface area (Å²) in [4.78, 5) is 0. The van der Waals surface area contributed by atoms with Crippen molar-refractivity contribution < 1.29 is 8.42 Å². The molecule has 0 aromatic rings. The van der Waals surface area contributed by atoms with Gasteiger partial charge in [-0.3, -0.25) is 0 Å². The number of sulfonamides is 1. The molecule has 2 unspecified atom stereocenters. The van der Waals surface area contributed by atoms with E-state index in [0.717, 1.165) is 25.9 Å². The van der Waals surface area contributed by atoms with Gasteiger partial charge in [0.25, 0.3) is 0 Å². The second kappa shape index (κ2) is 3.22. The van der Waals surface area contributed by atoms with Crippen LogP contribution in [0.3, 0.4) is 0 Å². The topological polar surface area (TPSA) is 49.4 Å². The van der Waals surface area contributed by atoms with E-state index in [4.69, 9.17) is 0 Å². The standard InChI is InChI=1S/C8H16N2O2S/c1-13(11,12)10-5-3-8-7(6-10)2-4-9-8/h7-9H,2-6H2,1H3. The van der Waals surface area contributed by atoms with Crippen LogP contribution in [-0.4, -0.2) is 44.7 Å². The summed E-state index contributed by atoms with van der Waals surface area (Å²) >= 11 is 0. The summed E-state index contributed by atoms with van der Waals surface area (Å²) in [6, 6.07) is 0.568. The Morgan fingerprint density at radius 3 is 2.85 bits per heavy atom. The van der Waals surface area contributed by atoms with Crippen LogP contribution in [0.1, 0.15) is 12.8 Å². The molecule has 2 atom stereocenters. The van der Waals surface area contributed by atoms with Crippen LogP contribution < -0.4 is 5.32 Å². The summed E-state index contributed by atoms with van der Waals surface area (Å²) in [6.07, 6.45) is 3.39. The first-order chi connectivity index (χ1) is 6.07. The first-order valence-electron chi connectivity index (χ1n) is 4.76. The number of rotatable bonds is 1. The lowest BCUT2D eigenvalue weighted by atomic mass is 9.95. The fraction of sp³-hybridized carbons (Fsp3) is 1.00. The third-order valence-electron chi connectivity index (χ3n) is 3.09. The van der Waals surface area contributed by atoms with Crippen LogP contribution in [0.15, 0.2) is 0 Å². The van der Waals surface area contributed by atoms with E-state index in [1.807, 2.05) is 0 Å². The van der Waals surface area contributed by atoms with Gasteiger partial charge in [0, 0.05) is 19.1 Å². The number of hydrogen-bond acceptors (Lipinski definition) is 3. The Morgan fingerprint density at radius 1 is 1.38 bits per heavy atom. The van der Waals surface area contributed by atoms with E-state index in [1.54, 1.807) is 4.31 Å². The lowest BCUT2D eigenvalue weighted by molar-refractivity contribution is 0.248. The minimum atomic E-state index is -2.96. The molecule has 1 N–H and O–H groups in total. The summed E-state index contributed by atoms with van der Waals surface area (Å²) in [7, 11) is -2.96. The molecule has 2 aliphatic heterocycles. The van der Waals surface area contributed by atoms with Gasteiger partial charge >= 0.3 is 0 Å². The van der Waals surface area contributed by atoms with Crippen molar-refractivity contribution in [3.05, 3.63) is 0 Å². The Bertz CT molecular complexity index is 289. The largest absolute Gasteiger partial charge is 0.314 e. The van der Waals surface area contributed by atoms with Crippen molar-refractivity contribution >= 4 is 10.0 Å². The maximum Gasteiger partial charge on any atom is 0.211 e. The Hall–Kier alpha value is -0.130. The van der Waals surface area contributed by atoms with Gasteiger partial charge in [0.05, 0.1) is 6.26 Å². The Kier molecular flexibility index (Phi) is 2.33. The number of nitrogens with one attached hydrogen (secondary N) is 1. The maximum atomic E-state index is 11.3. The highest BCUT2D eigenvalue weighted by atomic mass is 32.2. The Balaban J connectivity index is 2.05. The lowest BCUT2D eigenvalue weighted by Gasteiger charge is -2.32. The van der Waals surface area contributed by atoms with E-state index in [1.165, 1.54) is 6.26 Å². The van der Waals surface area contributed by atoms with Gasteiger partial charge < -0.3 is 5.32 Å². The van der Waals surface area contributed by atoms with Crippen molar-refractivity contribution in [1.29, 1.82) is 0 Å². The van der Waals surface area contributed by atoms with Crippen LogP contribution >= 0.6 is 0 Å². The third-order valence-corrected chi connectivity index (χ3v) is 4.36. The van der Waals surface area contributed by atoms with Crippen LogP contribution in [0.25, 0.3) is 0 Å². The molecular weight excluding hydrogens is 188 g/mol. The van der Waals surface area contributed by atoms with E-state index >= 15 is 0 Å². The molecule has 0 aromatic heterocycles. The molecule has 13 heavy (non-hydrogen) atoms. The molecule has 0 radical (unpaired) electrons. The Labute approximate surface area is 79.4 Å². The minimum Gasteiger partial charge on any atom is -0.314 e. The van der Waals surface area contributed by atoms with Crippen molar-refractivity contribution in [2.75, 3.05) is 25.9 Å². The Morgan fingerprint density at radius 2 is 2.15 bits per heavy atom. The molecule has 0 aliphatic carbocycles. The van der Waals surface area contributed by atoms with Crippen LogP contribution in [-0.2, 0) is 10.0 Å². The smallest absolute Gasteiger partial charge is 0.211 e. The second-order valence-electron chi connectivity index (χ2n) is 4.02. The average Bonchev–Trinajstić information content (AvgIpc) is 2.47. The molecule has 2 aliphatic rings. The van der Waals surface area contributed by atoms with Crippen molar-refractivity contribution in [3.63, 3.8) is 0 Å². The summed E-state index contributed by atoms with van der Waals surface area (Å²) in [5, 5.41) is 3.41. The van der Waals surface area contributed by atoms with Crippen molar-refractivity contribution in [2.45, 2.75) is 18.9 Å². The van der Waals surface area contributed by atoms with E-state index in [2.05, 4.69) is 5.32 Å². The number of nitrogens with zero attached hydrogens (tertiary/aromatic N) is 1. The van der Waals surface area contributed by atoms with Crippen LogP contribution in [0, 0.1) is 5.92 Å². The molecule has 0 aromatic carbocycles. The molecule has 2 fully saturated rings. The number of hydrogen-bond donors (Lipinski definition) is 1. The van der Waals surface area contributed by atoms with Crippen LogP contribution in [0.4, 0.5) is 0 Å². The van der Waals surface area contributed by atoms with Gasteiger partial charge in [-0.2, -0.15) is 0 Å². The van der Waals surface area contributed by atoms with E-state index in [0.29, 0.717) is 18.5 Å². The molecule has 0 spiro atoms. The van der Waals surface area contributed by atoms with Crippen molar-refractivity contribution in [1.82, 2.24) is 9.62 Å². The predicted octanol–water partition coefficient (Wildman–Crippen LogP) is -0.370. The first kappa shape index (κ1) is 9.43. The van der Waals surface area contributed by atoms with Gasteiger partial charge in [0.1, 0.15) is 0 Å². The lowest BCUT2D eigenvalue weighted by Crippen LogP contribution is -2.46. The summed E-state index contributed by atoms with van der Waals surface area (Å²) in [5.74, 6) is 0.545. The van der Waals surface area contributed by atoms with Gasteiger partial charge in [-0.15, -0.1) is 0 Å². The van der Waals surface area contributed by atoms with E-state index < -0.39 is 10.0 Å². The zero-order chi connectivity index (χ0) is 9.47. The highest BCUT2D eigenvalue weighted by Gasteiger charge is 2.35. The van der Waals surface area contributed by atoms with E-state index in [9.17, 15) is 8.42 Å². The summed E-state index contributed by atoms with van der Waals surface area (Å²) in [5.41, 5.74) is 0. The quantitative estimate of drug-likeness (QED) is 0.634. The molecule has 0 amide bonds. The summed E-state index contributed by atoms with van der Waals surface area (Å²) in [6.45, 7) is 2.45. The summed E-state index contributed by atoms with van der Waals surface area (Å²) < 4.78 is 24.2. The fourth-order valence-corrected chi connectivity index (χ4v) is 3.21. The average molecular weight is 204 g/mol. The monoisotopic (exact) mass is 204 g/mol. The first-order valence-corrected chi connectivity index (χ1v) is 6.61. The van der Waals surface area contributed by atoms with Crippen molar-refractivity contribution in [2.24, 2.45) is 5.92 Å². The number of fused-ring (bicyclic) bond motifs is 1. The number of piperidine rings is 1. The zero-order valence-electron chi connectivity index (χ0n) is 7.86. The normalized spacial score (nSPS) is 36.1. The molecule has 0 bridgehead atoms. The highest BCUT2D eigenvalue weighted by molar-refractivity contribution is 7.88. The van der Waals surface area contributed by atoms with Gasteiger partial charge in [0.15, 0.2) is 0 Å². The third kappa shape index (κ3) is 1.87. The minimum absolute atomic E-state index is 0.545. The zero-order valence-corrected chi connectivity index (χ0v) is 8.68. The van der Waals surface area contributed by atoms with Gasteiger partial charge in [-0.1, -0.05) is 0 Å². The molecular formula is C8H16N2O2S.